The zero-order valence-electron chi connectivity index (χ0n) is 9.89. The van der Waals surface area contributed by atoms with Crippen LogP contribution in [0.1, 0.15) is 25.5 Å². The highest BCUT2D eigenvalue weighted by Crippen LogP contribution is 2.24. The van der Waals surface area contributed by atoms with Gasteiger partial charge in [0.05, 0.1) is 12.3 Å². The molecule has 0 aliphatic rings. The lowest BCUT2D eigenvalue weighted by molar-refractivity contribution is 0.281. The quantitative estimate of drug-likeness (QED) is 0.886. The van der Waals surface area contributed by atoms with E-state index in [-0.39, 0.29) is 18.5 Å². The Balaban J connectivity index is 2.52. The van der Waals surface area contributed by atoms with Crippen molar-refractivity contribution in [3.05, 3.63) is 41.8 Å². The van der Waals surface area contributed by atoms with Crippen LogP contribution in [-0.4, -0.2) is 14.9 Å². The molecule has 3 nitrogen and oxygen atoms in total. The third-order valence-corrected chi connectivity index (χ3v) is 2.60. The van der Waals surface area contributed by atoms with Crippen molar-refractivity contribution in [2.24, 2.45) is 0 Å². The summed E-state index contributed by atoms with van der Waals surface area (Å²) < 4.78 is 15.2. The average Bonchev–Trinajstić information content (AvgIpc) is 2.77. The Hall–Kier alpha value is -1.68. The molecular formula is C13H15FN2O. The molecule has 4 heteroatoms. The Morgan fingerprint density at radius 1 is 1.35 bits per heavy atom. The minimum absolute atomic E-state index is 0.166. The first-order chi connectivity index (χ1) is 8.11. The monoisotopic (exact) mass is 234 g/mol. The lowest BCUT2D eigenvalue weighted by Gasteiger charge is -2.11. The third kappa shape index (κ3) is 2.36. The van der Waals surface area contributed by atoms with Gasteiger partial charge in [0.2, 0.25) is 0 Å². The lowest BCUT2D eigenvalue weighted by Crippen LogP contribution is -2.04. The average molecular weight is 234 g/mol. The number of rotatable bonds is 3. The van der Waals surface area contributed by atoms with E-state index in [4.69, 9.17) is 5.11 Å². The zero-order valence-corrected chi connectivity index (χ0v) is 9.89. The fourth-order valence-electron chi connectivity index (χ4n) is 1.84. The van der Waals surface area contributed by atoms with Gasteiger partial charge in [-0.25, -0.2) is 4.39 Å². The maximum Gasteiger partial charge on any atom is 0.124 e. The van der Waals surface area contributed by atoms with Crippen molar-refractivity contribution in [1.82, 2.24) is 9.78 Å². The summed E-state index contributed by atoms with van der Waals surface area (Å²) in [5, 5.41) is 13.3. The number of hydrogen-bond donors (Lipinski definition) is 1. The molecule has 0 radical (unpaired) electrons. The van der Waals surface area contributed by atoms with Gasteiger partial charge in [-0.05, 0) is 43.7 Å². The maximum absolute atomic E-state index is 13.4. The van der Waals surface area contributed by atoms with Crippen molar-refractivity contribution in [1.29, 1.82) is 0 Å². The molecule has 0 saturated heterocycles. The summed E-state index contributed by atoms with van der Waals surface area (Å²) in [7, 11) is 0. The van der Waals surface area contributed by atoms with Crippen LogP contribution < -0.4 is 0 Å². The van der Waals surface area contributed by atoms with Crippen LogP contribution in [0.25, 0.3) is 11.3 Å². The molecule has 1 aromatic heterocycles. The Bertz CT molecular complexity index is 520. The molecule has 90 valence electrons. The first-order valence-electron chi connectivity index (χ1n) is 5.56. The Morgan fingerprint density at radius 2 is 2.12 bits per heavy atom. The normalized spacial score (nSPS) is 11.1. The smallest absolute Gasteiger partial charge is 0.124 e. The molecule has 0 atom stereocenters. The third-order valence-electron chi connectivity index (χ3n) is 2.60. The molecule has 17 heavy (non-hydrogen) atoms. The van der Waals surface area contributed by atoms with Crippen molar-refractivity contribution < 1.29 is 9.50 Å². The minimum Gasteiger partial charge on any atom is -0.392 e. The van der Waals surface area contributed by atoms with Gasteiger partial charge >= 0.3 is 0 Å². The second kappa shape index (κ2) is 4.67. The van der Waals surface area contributed by atoms with E-state index in [0.29, 0.717) is 5.56 Å². The van der Waals surface area contributed by atoms with Gasteiger partial charge in [-0.15, -0.1) is 0 Å². The van der Waals surface area contributed by atoms with Gasteiger partial charge in [-0.2, -0.15) is 5.10 Å². The van der Waals surface area contributed by atoms with Crippen LogP contribution in [0, 0.1) is 5.82 Å². The van der Waals surface area contributed by atoms with E-state index in [9.17, 15) is 4.39 Å². The molecule has 1 heterocycles. The predicted molar refractivity (Wildman–Crippen MR) is 63.9 cm³/mol. The van der Waals surface area contributed by atoms with Crippen LogP contribution in [0.3, 0.4) is 0 Å². The SMILES string of the molecule is CC(C)n1nccc1-c1cc(F)cc(CO)c1. The van der Waals surface area contributed by atoms with E-state index in [0.717, 1.165) is 11.3 Å². The van der Waals surface area contributed by atoms with E-state index in [1.807, 2.05) is 24.6 Å². The Labute approximate surface area is 99.5 Å². The van der Waals surface area contributed by atoms with Crippen LogP contribution in [-0.2, 0) is 6.61 Å². The summed E-state index contributed by atoms with van der Waals surface area (Å²) in [5.74, 6) is -0.344. The van der Waals surface area contributed by atoms with E-state index < -0.39 is 0 Å². The molecular weight excluding hydrogens is 219 g/mol. The largest absolute Gasteiger partial charge is 0.392 e. The van der Waals surface area contributed by atoms with Crippen LogP contribution in [0.2, 0.25) is 0 Å². The molecule has 0 fully saturated rings. The lowest BCUT2D eigenvalue weighted by atomic mass is 10.1. The van der Waals surface area contributed by atoms with Crippen molar-refractivity contribution in [2.45, 2.75) is 26.5 Å². The fourth-order valence-corrected chi connectivity index (χ4v) is 1.84. The molecule has 1 aromatic carbocycles. The summed E-state index contributed by atoms with van der Waals surface area (Å²) in [4.78, 5) is 0. The molecule has 0 aliphatic carbocycles. The summed E-state index contributed by atoms with van der Waals surface area (Å²) >= 11 is 0. The molecule has 2 aromatic rings. The molecule has 0 spiro atoms. The second-order valence-electron chi connectivity index (χ2n) is 4.26. The van der Waals surface area contributed by atoms with Crippen molar-refractivity contribution in [2.75, 3.05) is 0 Å². The highest BCUT2D eigenvalue weighted by molar-refractivity contribution is 5.60. The number of benzene rings is 1. The zero-order chi connectivity index (χ0) is 12.4. The highest BCUT2D eigenvalue weighted by atomic mass is 19.1. The molecule has 0 aliphatic heterocycles. The van der Waals surface area contributed by atoms with Crippen LogP contribution in [0.15, 0.2) is 30.5 Å². The number of aliphatic hydroxyl groups excluding tert-OH is 1. The van der Waals surface area contributed by atoms with E-state index in [1.165, 1.54) is 12.1 Å². The Kier molecular flexibility index (Phi) is 3.24. The van der Waals surface area contributed by atoms with Crippen molar-refractivity contribution >= 4 is 0 Å². The van der Waals surface area contributed by atoms with Crippen LogP contribution in [0.4, 0.5) is 4.39 Å². The first-order valence-corrected chi connectivity index (χ1v) is 5.56. The number of aromatic nitrogens is 2. The van der Waals surface area contributed by atoms with E-state index in [1.54, 1.807) is 12.3 Å². The summed E-state index contributed by atoms with van der Waals surface area (Å²) in [6, 6.07) is 6.62. The standard InChI is InChI=1S/C13H15FN2O/c1-9(2)16-13(3-4-15-16)11-5-10(8-17)6-12(14)7-11/h3-7,9,17H,8H2,1-2H3. The van der Waals surface area contributed by atoms with Crippen LogP contribution >= 0.6 is 0 Å². The number of nitrogens with zero attached hydrogens (tertiary/aromatic N) is 2. The minimum atomic E-state index is -0.344. The fraction of sp³-hybridized carbons (Fsp3) is 0.308. The van der Waals surface area contributed by atoms with Crippen LogP contribution in [0.5, 0.6) is 0 Å². The van der Waals surface area contributed by atoms with Gasteiger partial charge < -0.3 is 5.11 Å². The van der Waals surface area contributed by atoms with Gasteiger partial charge in [0.15, 0.2) is 0 Å². The molecule has 0 saturated carbocycles. The molecule has 0 bridgehead atoms. The van der Waals surface area contributed by atoms with Gasteiger partial charge in [-0.3, -0.25) is 4.68 Å². The van der Waals surface area contributed by atoms with Crippen molar-refractivity contribution in [3.63, 3.8) is 0 Å². The highest BCUT2D eigenvalue weighted by Gasteiger charge is 2.10. The summed E-state index contributed by atoms with van der Waals surface area (Å²) in [6.45, 7) is 3.87. The maximum atomic E-state index is 13.4. The molecule has 1 N–H and O–H groups in total. The van der Waals surface area contributed by atoms with Gasteiger partial charge in [0, 0.05) is 17.8 Å². The van der Waals surface area contributed by atoms with Gasteiger partial charge in [0.1, 0.15) is 5.82 Å². The van der Waals surface area contributed by atoms with E-state index in [2.05, 4.69) is 5.10 Å². The van der Waals surface area contributed by atoms with Crippen molar-refractivity contribution in [3.8, 4) is 11.3 Å². The molecule has 0 unspecified atom stereocenters. The molecule has 0 amide bonds. The van der Waals surface area contributed by atoms with Gasteiger partial charge in [-0.1, -0.05) is 0 Å². The number of aliphatic hydroxyl groups is 1. The summed E-state index contributed by atoms with van der Waals surface area (Å²) in [5.41, 5.74) is 2.16. The topological polar surface area (TPSA) is 38.0 Å². The van der Waals surface area contributed by atoms with Gasteiger partial charge in [0.25, 0.3) is 0 Å². The summed E-state index contributed by atoms with van der Waals surface area (Å²) in [6.07, 6.45) is 1.69. The number of hydrogen-bond acceptors (Lipinski definition) is 2. The second-order valence-corrected chi connectivity index (χ2v) is 4.26. The molecule has 2 rings (SSSR count). The number of halogens is 1. The predicted octanol–water partition coefficient (Wildman–Crippen LogP) is 2.76. The Morgan fingerprint density at radius 3 is 2.76 bits per heavy atom. The van der Waals surface area contributed by atoms with E-state index >= 15 is 0 Å². The first kappa shape index (κ1) is 11.8.